The number of amides is 3. The summed E-state index contributed by atoms with van der Waals surface area (Å²) < 4.78 is 1.12. The molecule has 5 N–H and O–H groups in total. The predicted molar refractivity (Wildman–Crippen MR) is 153 cm³/mol. The zero-order valence-electron chi connectivity index (χ0n) is 21.8. The van der Waals surface area contributed by atoms with E-state index in [1.165, 1.54) is 16.3 Å². The van der Waals surface area contributed by atoms with Crippen molar-refractivity contribution in [3.05, 3.63) is 83.2 Å². The number of carbonyl (C=O) groups is 3. The molecule has 0 aliphatic rings. The van der Waals surface area contributed by atoms with Gasteiger partial charge in [-0.25, -0.2) is 0 Å². The predicted octanol–water partition coefficient (Wildman–Crippen LogP) is 4.27. The first-order chi connectivity index (χ1) is 17.9. The fourth-order valence-corrected chi connectivity index (χ4v) is 4.59. The Balaban J connectivity index is 0.000000306. The van der Waals surface area contributed by atoms with Crippen molar-refractivity contribution in [1.29, 1.82) is 0 Å². The lowest BCUT2D eigenvalue weighted by Gasteiger charge is -2.19. The lowest BCUT2D eigenvalue weighted by Crippen LogP contribution is -2.52. The topological polar surface area (TPSA) is 113 Å². The van der Waals surface area contributed by atoms with Crippen LogP contribution in [0.4, 0.5) is 0 Å². The maximum absolute atomic E-state index is 12.3. The highest BCUT2D eigenvalue weighted by Crippen LogP contribution is 2.26. The molecule has 2 unspecified atom stereocenters. The standard InChI is InChI=1S/C16H20N4O3S.C11H10.C2H6/c1-10(17)15(22)20-13(16(23)19-8-18-9-21)6-11-7-24-14-5-3-2-4-12(11)14;1-9-5-4-7-10-6-2-3-8-11(9)10;1-2/h2-5,7,9-10,13H,6,8,17H2,1H3,(H,18,21)(H,19,23)(H,20,22);2-8H,1H3;1-2H3. The molecule has 4 rings (SSSR count). The molecule has 0 aliphatic carbocycles. The molecular weight excluding hydrogens is 484 g/mol. The molecule has 0 aliphatic heterocycles. The summed E-state index contributed by atoms with van der Waals surface area (Å²) in [6, 6.07) is 21.2. The van der Waals surface area contributed by atoms with Crippen LogP contribution < -0.4 is 21.7 Å². The minimum absolute atomic E-state index is 0.00271. The Bertz CT molecular complexity index is 1300. The fourth-order valence-electron chi connectivity index (χ4n) is 3.61. The van der Waals surface area contributed by atoms with Crippen molar-refractivity contribution in [3.63, 3.8) is 0 Å². The molecule has 8 heteroatoms. The molecule has 0 saturated carbocycles. The highest BCUT2D eigenvalue weighted by Gasteiger charge is 2.23. The van der Waals surface area contributed by atoms with Gasteiger partial charge in [0.25, 0.3) is 0 Å². The van der Waals surface area contributed by atoms with Crippen LogP contribution in [0.5, 0.6) is 0 Å². The Hall–Kier alpha value is -3.75. The number of nitrogens with one attached hydrogen (secondary N) is 3. The minimum Gasteiger partial charge on any atom is -0.343 e. The molecular formula is C29H36N4O3S. The normalized spacial score (nSPS) is 11.7. The molecule has 4 aromatic rings. The zero-order chi connectivity index (χ0) is 27.2. The Morgan fingerprint density at radius 3 is 2.27 bits per heavy atom. The average Bonchev–Trinajstić information content (AvgIpc) is 3.33. The second-order valence-electron chi connectivity index (χ2n) is 8.15. The summed E-state index contributed by atoms with van der Waals surface area (Å²) in [5.41, 5.74) is 7.90. The summed E-state index contributed by atoms with van der Waals surface area (Å²) in [6.07, 6.45) is 0.831. The van der Waals surface area contributed by atoms with Crippen molar-refractivity contribution in [1.82, 2.24) is 16.0 Å². The van der Waals surface area contributed by atoms with Crippen LogP contribution in [0.1, 0.15) is 31.9 Å². The van der Waals surface area contributed by atoms with E-state index in [0.29, 0.717) is 12.8 Å². The van der Waals surface area contributed by atoms with Crippen molar-refractivity contribution in [2.45, 2.75) is 46.2 Å². The third-order valence-corrected chi connectivity index (χ3v) is 6.50. The van der Waals surface area contributed by atoms with E-state index in [-0.39, 0.29) is 12.6 Å². The third-order valence-electron chi connectivity index (χ3n) is 5.49. The van der Waals surface area contributed by atoms with Gasteiger partial charge in [-0.3, -0.25) is 14.4 Å². The highest BCUT2D eigenvalue weighted by atomic mass is 32.1. The maximum atomic E-state index is 12.3. The Labute approximate surface area is 222 Å². The van der Waals surface area contributed by atoms with Crippen molar-refractivity contribution in [2.24, 2.45) is 5.73 Å². The van der Waals surface area contributed by atoms with Gasteiger partial charge in [-0.05, 0) is 52.6 Å². The molecule has 3 aromatic carbocycles. The fraction of sp³-hybridized carbons (Fsp3) is 0.276. The van der Waals surface area contributed by atoms with Crippen LogP contribution in [-0.2, 0) is 20.8 Å². The first-order valence-electron chi connectivity index (χ1n) is 12.3. The summed E-state index contributed by atoms with van der Waals surface area (Å²) in [5, 5.41) is 13.3. The van der Waals surface area contributed by atoms with E-state index in [0.717, 1.165) is 15.6 Å². The largest absolute Gasteiger partial charge is 0.343 e. The summed E-state index contributed by atoms with van der Waals surface area (Å²) in [7, 11) is 0. The van der Waals surface area contributed by atoms with Crippen LogP contribution in [-0.4, -0.2) is 37.0 Å². The van der Waals surface area contributed by atoms with E-state index in [9.17, 15) is 14.4 Å². The van der Waals surface area contributed by atoms with Crippen molar-refractivity contribution >= 4 is 50.4 Å². The molecule has 0 saturated heterocycles. The molecule has 3 amide bonds. The number of rotatable bonds is 8. The zero-order valence-corrected chi connectivity index (χ0v) is 22.6. The second-order valence-corrected chi connectivity index (χ2v) is 9.06. The smallest absolute Gasteiger partial charge is 0.244 e. The van der Waals surface area contributed by atoms with Crippen molar-refractivity contribution in [3.8, 4) is 0 Å². The van der Waals surface area contributed by atoms with Crippen LogP contribution in [0.25, 0.3) is 20.9 Å². The number of hydrogen-bond acceptors (Lipinski definition) is 5. The first kappa shape index (κ1) is 29.5. The third kappa shape index (κ3) is 8.70. The molecule has 7 nitrogen and oxygen atoms in total. The molecule has 196 valence electrons. The molecule has 0 radical (unpaired) electrons. The summed E-state index contributed by atoms with van der Waals surface area (Å²) in [6.45, 7) is 7.69. The molecule has 1 heterocycles. The van der Waals surface area contributed by atoms with Gasteiger partial charge in [-0.2, -0.15) is 0 Å². The van der Waals surface area contributed by atoms with E-state index < -0.39 is 18.0 Å². The summed E-state index contributed by atoms with van der Waals surface area (Å²) in [5.74, 6) is -0.785. The Morgan fingerprint density at radius 1 is 0.946 bits per heavy atom. The number of carbonyl (C=O) groups excluding carboxylic acids is 3. The SMILES string of the molecule is CC.CC(N)C(=O)NC(Cc1csc2ccccc12)C(=O)NCNC=O.Cc1cccc2ccccc12. The Kier molecular flexibility index (Phi) is 12.3. The molecule has 0 bridgehead atoms. The number of fused-ring (bicyclic) bond motifs is 2. The van der Waals surface area contributed by atoms with Crippen LogP contribution in [0.2, 0.25) is 0 Å². The van der Waals surface area contributed by atoms with Crippen LogP contribution in [0.3, 0.4) is 0 Å². The average molecular weight is 521 g/mol. The van der Waals surface area contributed by atoms with Gasteiger partial charge >= 0.3 is 0 Å². The van der Waals surface area contributed by atoms with E-state index >= 15 is 0 Å². The first-order valence-corrected chi connectivity index (χ1v) is 13.2. The van der Waals surface area contributed by atoms with Gasteiger partial charge < -0.3 is 21.7 Å². The summed E-state index contributed by atoms with van der Waals surface area (Å²) >= 11 is 1.59. The lowest BCUT2D eigenvalue weighted by molar-refractivity contribution is -0.129. The van der Waals surface area contributed by atoms with E-state index in [1.807, 2.05) is 43.5 Å². The van der Waals surface area contributed by atoms with Crippen molar-refractivity contribution in [2.75, 3.05) is 6.67 Å². The van der Waals surface area contributed by atoms with Crippen LogP contribution in [0, 0.1) is 6.92 Å². The van der Waals surface area contributed by atoms with Gasteiger partial charge in [-0.1, -0.05) is 74.5 Å². The van der Waals surface area contributed by atoms with E-state index in [1.54, 1.807) is 18.3 Å². The molecule has 0 spiro atoms. The van der Waals surface area contributed by atoms with E-state index in [2.05, 4.69) is 65.3 Å². The van der Waals surface area contributed by atoms with Crippen LogP contribution >= 0.6 is 11.3 Å². The minimum atomic E-state index is -0.769. The number of hydrogen-bond donors (Lipinski definition) is 4. The number of nitrogens with two attached hydrogens (primary N) is 1. The van der Waals surface area contributed by atoms with Gasteiger partial charge in [0.05, 0.1) is 12.7 Å². The summed E-state index contributed by atoms with van der Waals surface area (Å²) in [4.78, 5) is 34.5. The van der Waals surface area contributed by atoms with Gasteiger partial charge in [0.15, 0.2) is 0 Å². The van der Waals surface area contributed by atoms with Crippen LogP contribution in [0.15, 0.2) is 72.1 Å². The molecule has 1 aromatic heterocycles. The number of aryl methyl sites for hydroxylation is 1. The second kappa shape index (κ2) is 15.4. The van der Waals surface area contributed by atoms with Crippen molar-refractivity contribution < 1.29 is 14.4 Å². The monoisotopic (exact) mass is 520 g/mol. The molecule has 2 atom stereocenters. The lowest BCUT2D eigenvalue weighted by atomic mass is 10.0. The van der Waals surface area contributed by atoms with Gasteiger partial charge in [0.1, 0.15) is 6.04 Å². The maximum Gasteiger partial charge on any atom is 0.244 e. The molecule has 0 fully saturated rings. The van der Waals surface area contributed by atoms with Gasteiger partial charge in [-0.15, -0.1) is 11.3 Å². The highest BCUT2D eigenvalue weighted by molar-refractivity contribution is 7.17. The Morgan fingerprint density at radius 2 is 1.59 bits per heavy atom. The molecule has 37 heavy (non-hydrogen) atoms. The van der Waals surface area contributed by atoms with Gasteiger partial charge in [0.2, 0.25) is 18.2 Å². The van der Waals surface area contributed by atoms with E-state index in [4.69, 9.17) is 5.73 Å². The van der Waals surface area contributed by atoms with Gasteiger partial charge in [0, 0.05) is 11.1 Å². The quantitative estimate of drug-likeness (QED) is 0.158. The number of thiophene rings is 1. The number of benzene rings is 3.